The third-order valence-electron chi connectivity index (χ3n) is 2.66. The van der Waals surface area contributed by atoms with Gasteiger partial charge in [-0.15, -0.1) is 0 Å². The number of pyridine rings is 1. The monoisotopic (exact) mass is 288 g/mol. The molecule has 0 fully saturated rings. The van der Waals surface area contributed by atoms with Crippen molar-refractivity contribution in [3.05, 3.63) is 64.0 Å². The van der Waals surface area contributed by atoms with E-state index in [0.717, 1.165) is 0 Å². The summed E-state index contributed by atoms with van der Waals surface area (Å²) in [7, 11) is 0. The first kappa shape index (κ1) is 14.4. The molecule has 8 heteroatoms. The standard InChI is InChI=1S/C13H12N4O4/c14-16-13(18)9-5-6-10(15-7-9)8-21-12-4-2-1-3-11(12)17(19)20/h1-7H,8,14H2,(H,16,18). The van der Waals surface area contributed by atoms with Crippen LogP contribution >= 0.6 is 0 Å². The Morgan fingerprint density at radius 3 is 2.71 bits per heavy atom. The Morgan fingerprint density at radius 1 is 1.33 bits per heavy atom. The lowest BCUT2D eigenvalue weighted by Crippen LogP contribution is -2.30. The molecule has 0 aliphatic rings. The van der Waals surface area contributed by atoms with Gasteiger partial charge in [-0.1, -0.05) is 12.1 Å². The van der Waals surface area contributed by atoms with Gasteiger partial charge in [0.25, 0.3) is 5.91 Å². The van der Waals surface area contributed by atoms with E-state index in [1.807, 2.05) is 5.43 Å². The van der Waals surface area contributed by atoms with Crippen LogP contribution in [0.2, 0.25) is 0 Å². The first-order chi connectivity index (χ1) is 10.1. The van der Waals surface area contributed by atoms with Gasteiger partial charge in [0.1, 0.15) is 6.61 Å². The van der Waals surface area contributed by atoms with Gasteiger partial charge in [-0.2, -0.15) is 0 Å². The maximum atomic E-state index is 11.2. The Morgan fingerprint density at radius 2 is 2.10 bits per heavy atom. The van der Waals surface area contributed by atoms with Gasteiger partial charge in [0, 0.05) is 12.3 Å². The smallest absolute Gasteiger partial charge is 0.310 e. The topological polar surface area (TPSA) is 120 Å². The molecule has 0 bridgehead atoms. The maximum absolute atomic E-state index is 11.2. The second kappa shape index (κ2) is 6.44. The van der Waals surface area contributed by atoms with E-state index in [2.05, 4.69) is 4.98 Å². The SMILES string of the molecule is NNC(=O)c1ccc(COc2ccccc2[N+](=O)[O-])nc1. The molecule has 2 rings (SSSR count). The van der Waals surface area contributed by atoms with Gasteiger partial charge in [0.05, 0.1) is 16.2 Å². The number of nitrogens with two attached hydrogens (primary N) is 1. The summed E-state index contributed by atoms with van der Waals surface area (Å²) in [5, 5.41) is 10.8. The minimum atomic E-state index is -0.516. The van der Waals surface area contributed by atoms with E-state index >= 15 is 0 Å². The number of para-hydroxylation sites is 2. The van der Waals surface area contributed by atoms with Crippen LogP contribution in [0.3, 0.4) is 0 Å². The zero-order valence-corrected chi connectivity index (χ0v) is 10.9. The maximum Gasteiger partial charge on any atom is 0.310 e. The Balaban J connectivity index is 2.07. The van der Waals surface area contributed by atoms with E-state index in [-0.39, 0.29) is 18.0 Å². The molecule has 8 nitrogen and oxygen atoms in total. The van der Waals surface area contributed by atoms with Crippen LogP contribution in [0.4, 0.5) is 5.69 Å². The summed E-state index contributed by atoms with van der Waals surface area (Å²) < 4.78 is 5.38. The zero-order valence-electron chi connectivity index (χ0n) is 10.9. The van der Waals surface area contributed by atoms with E-state index in [1.54, 1.807) is 18.2 Å². The van der Waals surface area contributed by atoms with E-state index in [1.165, 1.54) is 24.4 Å². The number of benzene rings is 1. The molecule has 1 heterocycles. The molecule has 0 aliphatic carbocycles. The molecule has 108 valence electrons. The molecule has 0 saturated carbocycles. The highest BCUT2D eigenvalue weighted by Gasteiger charge is 2.13. The molecule has 0 saturated heterocycles. The molecule has 2 aromatic rings. The number of carbonyl (C=O) groups excluding carboxylic acids is 1. The molecule has 1 aromatic heterocycles. The fraction of sp³-hybridized carbons (Fsp3) is 0.0769. The van der Waals surface area contributed by atoms with Crippen molar-refractivity contribution in [3.63, 3.8) is 0 Å². The van der Waals surface area contributed by atoms with Crippen LogP contribution in [-0.4, -0.2) is 15.8 Å². The lowest BCUT2D eigenvalue weighted by Gasteiger charge is -2.06. The summed E-state index contributed by atoms with van der Waals surface area (Å²) in [6.07, 6.45) is 1.35. The minimum absolute atomic E-state index is 0.0510. The van der Waals surface area contributed by atoms with E-state index in [9.17, 15) is 14.9 Å². The van der Waals surface area contributed by atoms with Crippen molar-refractivity contribution >= 4 is 11.6 Å². The molecule has 3 N–H and O–H groups in total. The molecule has 21 heavy (non-hydrogen) atoms. The number of hydrazine groups is 1. The van der Waals surface area contributed by atoms with Gasteiger partial charge in [0.15, 0.2) is 5.75 Å². The minimum Gasteiger partial charge on any atom is -0.480 e. The number of nitrogens with zero attached hydrogens (tertiary/aromatic N) is 2. The van der Waals surface area contributed by atoms with Gasteiger partial charge in [-0.3, -0.25) is 25.3 Å². The number of nitro groups is 1. The number of nitrogens with one attached hydrogen (secondary N) is 1. The number of ether oxygens (including phenoxy) is 1. The van der Waals surface area contributed by atoms with Crippen molar-refractivity contribution in [1.29, 1.82) is 0 Å². The van der Waals surface area contributed by atoms with Gasteiger partial charge in [-0.05, 0) is 18.2 Å². The van der Waals surface area contributed by atoms with Crippen molar-refractivity contribution < 1.29 is 14.5 Å². The highest BCUT2D eigenvalue weighted by molar-refractivity contribution is 5.93. The molecule has 0 atom stereocenters. The normalized spacial score (nSPS) is 9.95. The third kappa shape index (κ3) is 3.51. The number of carbonyl (C=O) groups is 1. The number of amides is 1. The number of rotatable bonds is 5. The van der Waals surface area contributed by atoms with E-state index < -0.39 is 10.8 Å². The zero-order chi connectivity index (χ0) is 15.2. The highest BCUT2D eigenvalue weighted by Crippen LogP contribution is 2.26. The fourth-order valence-corrected chi connectivity index (χ4v) is 1.61. The fourth-order valence-electron chi connectivity index (χ4n) is 1.61. The van der Waals surface area contributed by atoms with E-state index in [0.29, 0.717) is 11.3 Å². The van der Waals surface area contributed by atoms with Crippen LogP contribution in [0.15, 0.2) is 42.6 Å². The Hall–Kier alpha value is -3.00. The van der Waals surface area contributed by atoms with Crippen molar-refractivity contribution in [2.24, 2.45) is 5.84 Å². The highest BCUT2D eigenvalue weighted by atomic mass is 16.6. The van der Waals surface area contributed by atoms with Crippen LogP contribution in [0.25, 0.3) is 0 Å². The molecular formula is C13H12N4O4. The third-order valence-corrected chi connectivity index (χ3v) is 2.66. The van der Waals surface area contributed by atoms with Crippen LogP contribution in [0, 0.1) is 10.1 Å². The summed E-state index contributed by atoms with van der Waals surface area (Å²) >= 11 is 0. The van der Waals surface area contributed by atoms with Crippen molar-refractivity contribution in [2.75, 3.05) is 0 Å². The number of nitrogen functional groups attached to an aromatic ring is 1. The Labute approximate surface area is 119 Å². The molecular weight excluding hydrogens is 276 g/mol. The first-order valence-electron chi connectivity index (χ1n) is 5.94. The summed E-state index contributed by atoms with van der Waals surface area (Å²) in [6.45, 7) is 0.0510. The van der Waals surface area contributed by atoms with Gasteiger partial charge in [0.2, 0.25) is 0 Å². The number of aromatic nitrogens is 1. The number of hydrogen-bond acceptors (Lipinski definition) is 6. The number of nitro benzene ring substituents is 1. The summed E-state index contributed by atoms with van der Waals surface area (Å²) in [5.74, 6) is 4.72. The summed E-state index contributed by atoms with van der Waals surface area (Å²) in [5.41, 5.74) is 2.72. The number of hydrogen-bond donors (Lipinski definition) is 2. The van der Waals surface area contributed by atoms with Gasteiger partial charge < -0.3 is 4.74 Å². The lowest BCUT2D eigenvalue weighted by molar-refractivity contribution is -0.385. The van der Waals surface area contributed by atoms with Gasteiger partial charge in [-0.25, -0.2) is 5.84 Å². The first-order valence-corrected chi connectivity index (χ1v) is 5.94. The van der Waals surface area contributed by atoms with Crippen molar-refractivity contribution in [3.8, 4) is 5.75 Å². The summed E-state index contributed by atoms with van der Waals surface area (Å²) in [6, 6.07) is 9.19. The van der Waals surface area contributed by atoms with Gasteiger partial charge >= 0.3 is 5.69 Å². The Bertz CT molecular complexity index is 657. The molecule has 0 unspecified atom stereocenters. The van der Waals surface area contributed by atoms with Crippen LogP contribution in [0.5, 0.6) is 5.75 Å². The average molecular weight is 288 g/mol. The predicted molar refractivity (Wildman–Crippen MR) is 73.3 cm³/mol. The predicted octanol–water partition coefficient (Wildman–Crippen LogP) is 1.17. The second-order valence-corrected chi connectivity index (χ2v) is 4.03. The van der Waals surface area contributed by atoms with Crippen LogP contribution < -0.4 is 16.0 Å². The lowest BCUT2D eigenvalue weighted by atomic mass is 10.2. The second-order valence-electron chi connectivity index (χ2n) is 4.03. The van der Waals surface area contributed by atoms with Crippen LogP contribution in [-0.2, 0) is 6.61 Å². The van der Waals surface area contributed by atoms with Crippen LogP contribution in [0.1, 0.15) is 16.1 Å². The summed E-state index contributed by atoms with van der Waals surface area (Å²) in [4.78, 5) is 25.6. The largest absolute Gasteiger partial charge is 0.480 e. The quantitative estimate of drug-likeness (QED) is 0.369. The van der Waals surface area contributed by atoms with Crippen molar-refractivity contribution in [2.45, 2.75) is 6.61 Å². The molecule has 0 radical (unpaired) electrons. The van der Waals surface area contributed by atoms with E-state index in [4.69, 9.17) is 10.6 Å². The molecule has 1 amide bonds. The molecule has 0 spiro atoms. The molecule has 1 aromatic carbocycles. The van der Waals surface area contributed by atoms with Crippen molar-refractivity contribution in [1.82, 2.24) is 10.4 Å². The molecule has 0 aliphatic heterocycles. The Kier molecular flexibility index (Phi) is 4.42. The average Bonchev–Trinajstić information content (AvgIpc) is 2.52.